The lowest BCUT2D eigenvalue weighted by atomic mass is 10.1. The van der Waals surface area contributed by atoms with E-state index in [-0.39, 0.29) is 11.1 Å². The minimum Gasteiger partial charge on any atom is -0.366 e. The molecule has 1 aromatic heterocycles. The Bertz CT molecular complexity index is 603. The number of aromatic nitrogens is 1. The third-order valence-electron chi connectivity index (χ3n) is 2.28. The Balaban J connectivity index is 2.69. The molecule has 2 aromatic rings. The van der Waals surface area contributed by atoms with Crippen LogP contribution >= 0.6 is 15.9 Å². The molecule has 0 unspecified atom stereocenters. The highest BCUT2D eigenvalue weighted by molar-refractivity contribution is 9.10. The third kappa shape index (κ3) is 2.14. The smallest absolute Gasteiger partial charge is 0.366 e. The highest BCUT2D eigenvalue weighted by atomic mass is 79.9. The Kier molecular flexibility index (Phi) is 2.65. The first-order valence-electron chi connectivity index (χ1n) is 4.48. The van der Waals surface area contributed by atoms with Gasteiger partial charge in [0.25, 0.3) is 0 Å². The average Bonchev–Trinajstić information content (AvgIpc) is 2.60. The van der Waals surface area contributed by atoms with E-state index in [2.05, 4.69) is 20.9 Å². The second-order valence-corrected chi connectivity index (χ2v) is 4.32. The van der Waals surface area contributed by atoms with Gasteiger partial charge in [0.05, 0.1) is 0 Å². The molecule has 7 heteroatoms. The van der Waals surface area contributed by atoms with Crippen LogP contribution in [0.1, 0.15) is 16.1 Å². The van der Waals surface area contributed by atoms with E-state index in [9.17, 15) is 18.0 Å². The van der Waals surface area contributed by atoms with E-state index >= 15 is 0 Å². The van der Waals surface area contributed by atoms with Gasteiger partial charge in [-0.2, -0.15) is 13.2 Å². The molecule has 0 spiro atoms. The number of carbonyl (C=O) groups excluding carboxylic acids is 1. The highest BCUT2D eigenvalue weighted by Gasteiger charge is 2.32. The first kappa shape index (κ1) is 12.0. The van der Waals surface area contributed by atoms with Crippen molar-refractivity contribution in [3.8, 4) is 0 Å². The molecule has 90 valence electrons. The standard InChI is InChI=1S/C10H6BrF3N2O/c11-6-1-4(9(15)17)2-7-5(6)3-8(16-7)10(12,13)14/h1-3,16H,(H2,15,17). The number of amides is 1. The van der Waals surface area contributed by atoms with Crippen molar-refractivity contribution in [2.24, 2.45) is 5.73 Å². The minimum atomic E-state index is -4.45. The maximum atomic E-state index is 12.5. The van der Waals surface area contributed by atoms with Crippen molar-refractivity contribution in [3.63, 3.8) is 0 Å². The third-order valence-corrected chi connectivity index (χ3v) is 2.93. The predicted molar refractivity (Wildman–Crippen MR) is 59.5 cm³/mol. The normalized spacial score (nSPS) is 12.0. The molecule has 0 atom stereocenters. The summed E-state index contributed by atoms with van der Waals surface area (Å²) in [5, 5.41) is 0.349. The molecule has 0 radical (unpaired) electrons. The first-order chi connectivity index (χ1) is 7.79. The lowest BCUT2D eigenvalue weighted by molar-refractivity contribution is -0.140. The molecule has 3 N–H and O–H groups in total. The summed E-state index contributed by atoms with van der Waals surface area (Å²) >= 11 is 3.10. The molecule has 2 rings (SSSR count). The Morgan fingerprint density at radius 1 is 1.29 bits per heavy atom. The van der Waals surface area contributed by atoms with Gasteiger partial charge in [-0.25, -0.2) is 0 Å². The van der Waals surface area contributed by atoms with Crippen LogP contribution in [-0.2, 0) is 6.18 Å². The van der Waals surface area contributed by atoms with Crippen LogP contribution in [0.3, 0.4) is 0 Å². The van der Waals surface area contributed by atoms with Crippen molar-refractivity contribution >= 4 is 32.7 Å². The number of H-pyrrole nitrogens is 1. The molecule has 1 aromatic carbocycles. The zero-order valence-corrected chi connectivity index (χ0v) is 9.82. The van der Waals surface area contributed by atoms with Crippen molar-refractivity contribution in [2.75, 3.05) is 0 Å². The van der Waals surface area contributed by atoms with Crippen molar-refractivity contribution < 1.29 is 18.0 Å². The van der Waals surface area contributed by atoms with Gasteiger partial charge >= 0.3 is 6.18 Å². The lowest BCUT2D eigenvalue weighted by Crippen LogP contribution is -2.10. The Morgan fingerprint density at radius 3 is 2.47 bits per heavy atom. The van der Waals surface area contributed by atoms with Crippen molar-refractivity contribution in [2.45, 2.75) is 6.18 Å². The van der Waals surface area contributed by atoms with Crippen molar-refractivity contribution in [1.29, 1.82) is 0 Å². The Morgan fingerprint density at radius 2 is 1.94 bits per heavy atom. The van der Waals surface area contributed by atoms with Gasteiger partial charge in [-0.1, -0.05) is 15.9 Å². The number of primary amides is 1. The van der Waals surface area contributed by atoms with Gasteiger partial charge < -0.3 is 10.7 Å². The summed E-state index contributed by atoms with van der Waals surface area (Å²) in [6.07, 6.45) is -4.45. The van der Waals surface area contributed by atoms with E-state index < -0.39 is 17.8 Å². The van der Waals surface area contributed by atoms with Gasteiger partial charge in [0, 0.05) is 20.9 Å². The number of aromatic amines is 1. The minimum absolute atomic E-state index is 0.139. The summed E-state index contributed by atoms with van der Waals surface area (Å²) < 4.78 is 37.8. The molecule has 17 heavy (non-hydrogen) atoms. The van der Waals surface area contributed by atoms with Crippen LogP contribution in [0, 0.1) is 0 Å². The zero-order valence-electron chi connectivity index (χ0n) is 8.23. The summed E-state index contributed by atoms with van der Waals surface area (Å²) in [6.45, 7) is 0. The van der Waals surface area contributed by atoms with Crippen LogP contribution < -0.4 is 5.73 Å². The molecule has 1 heterocycles. The number of hydrogen-bond acceptors (Lipinski definition) is 1. The molecule has 0 aliphatic carbocycles. The molecule has 0 aliphatic heterocycles. The fraction of sp³-hybridized carbons (Fsp3) is 0.100. The van der Waals surface area contributed by atoms with E-state index in [0.29, 0.717) is 9.86 Å². The number of fused-ring (bicyclic) bond motifs is 1. The Labute approximate surface area is 102 Å². The first-order valence-corrected chi connectivity index (χ1v) is 5.27. The largest absolute Gasteiger partial charge is 0.431 e. The number of carbonyl (C=O) groups is 1. The number of nitrogens with two attached hydrogens (primary N) is 1. The van der Waals surface area contributed by atoms with Crippen LogP contribution in [-0.4, -0.2) is 10.9 Å². The molecular weight excluding hydrogens is 301 g/mol. The van der Waals surface area contributed by atoms with Gasteiger partial charge in [0.15, 0.2) is 0 Å². The topological polar surface area (TPSA) is 58.9 Å². The van der Waals surface area contributed by atoms with Gasteiger partial charge in [-0.3, -0.25) is 4.79 Å². The van der Waals surface area contributed by atoms with E-state index in [1.54, 1.807) is 0 Å². The SMILES string of the molecule is NC(=O)c1cc(Br)c2cc(C(F)(F)F)[nH]c2c1. The van der Waals surface area contributed by atoms with E-state index in [1.807, 2.05) is 0 Å². The zero-order chi connectivity index (χ0) is 12.8. The Hall–Kier alpha value is -1.50. The second-order valence-electron chi connectivity index (χ2n) is 3.46. The van der Waals surface area contributed by atoms with Gasteiger partial charge in [-0.05, 0) is 18.2 Å². The number of halogens is 4. The van der Waals surface area contributed by atoms with Crippen LogP contribution in [0.5, 0.6) is 0 Å². The highest BCUT2D eigenvalue weighted by Crippen LogP contribution is 2.34. The van der Waals surface area contributed by atoms with E-state index in [1.165, 1.54) is 12.1 Å². The molecular formula is C10H6BrF3N2O. The van der Waals surface area contributed by atoms with Gasteiger partial charge in [-0.15, -0.1) is 0 Å². The van der Waals surface area contributed by atoms with Crippen molar-refractivity contribution in [1.82, 2.24) is 4.98 Å². The monoisotopic (exact) mass is 306 g/mol. The molecule has 0 fully saturated rings. The van der Waals surface area contributed by atoms with Crippen LogP contribution in [0.4, 0.5) is 13.2 Å². The lowest BCUT2D eigenvalue weighted by Gasteiger charge is -2.00. The van der Waals surface area contributed by atoms with E-state index in [4.69, 9.17) is 5.73 Å². The number of hydrogen-bond donors (Lipinski definition) is 2. The summed E-state index contributed by atoms with van der Waals surface area (Å²) in [7, 11) is 0. The quantitative estimate of drug-likeness (QED) is 0.836. The maximum absolute atomic E-state index is 12.5. The summed E-state index contributed by atoms with van der Waals surface area (Å²) in [4.78, 5) is 13.2. The fourth-order valence-electron chi connectivity index (χ4n) is 1.49. The number of benzene rings is 1. The number of alkyl halides is 3. The van der Waals surface area contributed by atoms with Crippen molar-refractivity contribution in [3.05, 3.63) is 33.9 Å². The summed E-state index contributed by atoms with van der Waals surface area (Å²) in [6, 6.07) is 3.65. The molecule has 1 amide bonds. The molecule has 3 nitrogen and oxygen atoms in total. The predicted octanol–water partition coefficient (Wildman–Crippen LogP) is 3.05. The van der Waals surface area contributed by atoms with Crippen LogP contribution in [0.25, 0.3) is 10.9 Å². The fourth-order valence-corrected chi connectivity index (χ4v) is 2.06. The number of nitrogens with one attached hydrogen (secondary N) is 1. The average molecular weight is 307 g/mol. The number of rotatable bonds is 1. The van der Waals surface area contributed by atoms with Gasteiger partial charge in [0.2, 0.25) is 5.91 Å². The summed E-state index contributed by atoms with van der Waals surface area (Å²) in [5.74, 6) is -0.698. The second kappa shape index (κ2) is 3.76. The van der Waals surface area contributed by atoms with E-state index in [0.717, 1.165) is 6.07 Å². The molecule has 0 saturated carbocycles. The summed E-state index contributed by atoms with van der Waals surface area (Å²) in [5.41, 5.74) is 4.55. The maximum Gasteiger partial charge on any atom is 0.431 e. The van der Waals surface area contributed by atoms with Crippen LogP contribution in [0.2, 0.25) is 0 Å². The molecule has 0 aliphatic rings. The van der Waals surface area contributed by atoms with Crippen LogP contribution in [0.15, 0.2) is 22.7 Å². The molecule has 0 saturated heterocycles. The molecule has 0 bridgehead atoms. The van der Waals surface area contributed by atoms with Gasteiger partial charge in [0.1, 0.15) is 5.69 Å².